The summed E-state index contributed by atoms with van der Waals surface area (Å²) in [5.74, 6) is -1.67. The van der Waals surface area contributed by atoms with Crippen LogP contribution in [0.25, 0.3) is 22.5 Å². The summed E-state index contributed by atoms with van der Waals surface area (Å²) in [5, 5.41) is 0. The molecular weight excluding hydrogens is 287 g/mol. The van der Waals surface area contributed by atoms with Crippen molar-refractivity contribution in [2.24, 2.45) is 0 Å². The van der Waals surface area contributed by atoms with Crippen LogP contribution in [0.1, 0.15) is 5.56 Å². The Morgan fingerprint density at radius 2 is 1.41 bits per heavy atom. The van der Waals surface area contributed by atoms with Crippen molar-refractivity contribution in [2.45, 2.75) is 6.92 Å². The SMILES string of the molecule is Cc1cc(F)ccc1-c1cccc(-c2c(F)cccc2F)n1. The number of pyridine rings is 1. The lowest BCUT2D eigenvalue weighted by molar-refractivity contribution is 0.588. The van der Waals surface area contributed by atoms with Crippen LogP contribution < -0.4 is 0 Å². The minimum absolute atomic E-state index is 0.163. The maximum absolute atomic E-state index is 13.9. The van der Waals surface area contributed by atoms with Crippen molar-refractivity contribution in [3.63, 3.8) is 0 Å². The van der Waals surface area contributed by atoms with Crippen LogP contribution in [0.2, 0.25) is 0 Å². The van der Waals surface area contributed by atoms with E-state index in [-0.39, 0.29) is 17.1 Å². The lowest BCUT2D eigenvalue weighted by atomic mass is 10.0. The Bertz CT molecular complexity index is 823. The highest BCUT2D eigenvalue weighted by Crippen LogP contribution is 2.28. The van der Waals surface area contributed by atoms with E-state index in [0.29, 0.717) is 11.3 Å². The number of aromatic nitrogens is 1. The zero-order valence-electron chi connectivity index (χ0n) is 11.8. The Labute approximate surface area is 126 Å². The summed E-state index contributed by atoms with van der Waals surface area (Å²) in [5.41, 5.74) is 2.01. The minimum atomic E-state index is -0.666. The molecule has 0 saturated heterocycles. The fraction of sp³-hybridized carbons (Fsp3) is 0.0556. The van der Waals surface area contributed by atoms with E-state index >= 15 is 0 Å². The van der Waals surface area contributed by atoms with Crippen molar-refractivity contribution in [1.29, 1.82) is 0 Å². The summed E-state index contributed by atoms with van der Waals surface area (Å²) in [6, 6.07) is 13.0. The van der Waals surface area contributed by atoms with Gasteiger partial charge in [-0.15, -0.1) is 0 Å². The molecule has 22 heavy (non-hydrogen) atoms. The van der Waals surface area contributed by atoms with Gasteiger partial charge in [0, 0.05) is 5.56 Å². The largest absolute Gasteiger partial charge is 0.248 e. The third-order valence-electron chi connectivity index (χ3n) is 3.43. The fourth-order valence-corrected chi connectivity index (χ4v) is 2.38. The van der Waals surface area contributed by atoms with Crippen molar-refractivity contribution < 1.29 is 13.2 Å². The van der Waals surface area contributed by atoms with E-state index in [1.54, 1.807) is 31.2 Å². The summed E-state index contributed by atoms with van der Waals surface area (Å²) in [6.07, 6.45) is 0. The van der Waals surface area contributed by atoms with Crippen LogP contribution in [0.5, 0.6) is 0 Å². The smallest absolute Gasteiger partial charge is 0.135 e. The molecule has 0 atom stereocenters. The highest BCUT2D eigenvalue weighted by atomic mass is 19.1. The summed E-state index contributed by atoms with van der Waals surface area (Å²) in [7, 11) is 0. The maximum atomic E-state index is 13.9. The highest BCUT2D eigenvalue weighted by Gasteiger charge is 2.13. The van der Waals surface area contributed by atoms with Gasteiger partial charge in [0.25, 0.3) is 0 Å². The first-order valence-electron chi connectivity index (χ1n) is 6.74. The number of rotatable bonds is 2. The lowest BCUT2D eigenvalue weighted by Gasteiger charge is -2.09. The van der Waals surface area contributed by atoms with Gasteiger partial charge >= 0.3 is 0 Å². The predicted molar refractivity (Wildman–Crippen MR) is 79.7 cm³/mol. The van der Waals surface area contributed by atoms with E-state index in [1.807, 2.05) is 0 Å². The van der Waals surface area contributed by atoms with Crippen LogP contribution in [0.15, 0.2) is 54.6 Å². The number of aryl methyl sites for hydroxylation is 1. The van der Waals surface area contributed by atoms with E-state index in [4.69, 9.17) is 0 Å². The maximum Gasteiger partial charge on any atom is 0.135 e. The average Bonchev–Trinajstić information content (AvgIpc) is 2.47. The third kappa shape index (κ3) is 2.60. The van der Waals surface area contributed by atoms with Crippen molar-refractivity contribution in [2.75, 3.05) is 0 Å². The molecule has 0 bridgehead atoms. The van der Waals surface area contributed by atoms with Crippen molar-refractivity contribution >= 4 is 0 Å². The Kier molecular flexibility index (Phi) is 3.67. The molecule has 0 unspecified atom stereocenters. The summed E-state index contributed by atoms with van der Waals surface area (Å²) in [6.45, 7) is 1.76. The van der Waals surface area contributed by atoms with Gasteiger partial charge in [-0.1, -0.05) is 12.1 Å². The number of halogens is 3. The molecule has 0 aliphatic rings. The van der Waals surface area contributed by atoms with Gasteiger partial charge in [-0.3, -0.25) is 0 Å². The van der Waals surface area contributed by atoms with Crippen molar-refractivity contribution in [3.8, 4) is 22.5 Å². The van der Waals surface area contributed by atoms with Crippen LogP contribution in [0.4, 0.5) is 13.2 Å². The van der Waals surface area contributed by atoms with Crippen molar-refractivity contribution in [3.05, 3.63) is 77.6 Å². The monoisotopic (exact) mass is 299 g/mol. The molecule has 0 N–H and O–H groups in total. The number of hydrogen-bond acceptors (Lipinski definition) is 1. The standard InChI is InChI=1S/C18H12F3N/c1-11-10-12(19)8-9-13(11)16-6-3-7-17(22-16)18-14(20)4-2-5-15(18)21/h2-10H,1H3. The molecule has 3 aromatic rings. The molecule has 2 aromatic carbocycles. The second-order valence-electron chi connectivity index (χ2n) is 4.96. The van der Waals surface area contributed by atoms with Crippen LogP contribution in [0, 0.1) is 24.4 Å². The number of nitrogens with zero attached hydrogens (tertiary/aromatic N) is 1. The quantitative estimate of drug-likeness (QED) is 0.638. The average molecular weight is 299 g/mol. The van der Waals surface area contributed by atoms with Gasteiger partial charge < -0.3 is 0 Å². The molecule has 0 radical (unpaired) electrons. The Morgan fingerprint density at radius 1 is 0.773 bits per heavy atom. The fourth-order valence-electron chi connectivity index (χ4n) is 2.38. The van der Waals surface area contributed by atoms with Crippen LogP contribution in [-0.2, 0) is 0 Å². The molecule has 0 fully saturated rings. The minimum Gasteiger partial charge on any atom is -0.248 e. The summed E-state index contributed by atoms with van der Waals surface area (Å²) in [4.78, 5) is 4.32. The molecule has 0 aliphatic heterocycles. The molecule has 1 nitrogen and oxygen atoms in total. The van der Waals surface area contributed by atoms with Gasteiger partial charge in [-0.25, -0.2) is 18.2 Å². The molecule has 4 heteroatoms. The van der Waals surface area contributed by atoms with Gasteiger partial charge in [-0.05, 0) is 55.0 Å². The first-order valence-corrected chi connectivity index (χ1v) is 6.74. The second-order valence-corrected chi connectivity index (χ2v) is 4.96. The zero-order chi connectivity index (χ0) is 15.7. The number of hydrogen-bond donors (Lipinski definition) is 0. The number of benzene rings is 2. The molecular formula is C18H12F3N. The normalized spacial score (nSPS) is 10.7. The molecule has 1 heterocycles. The molecule has 0 amide bonds. The summed E-state index contributed by atoms with van der Waals surface area (Å²) < 4.78 is 40.9. The molecule has 3 rings (SSSR count). The van der Waals surface area contributed by atoms with Crippen LogP contribution in [0.3, 0.4) is 0 Å². The van der Waals surface area contributed by atoms with Crippen LogP contribution in [-0.4, -0.2) is 4.98 Å². The van der Waals surface area contributed by atoms with Gasteiger partial charge in [0.05, 0.1) is 17.0 Å². The van der Waals surface area contributed by atoms with E-state index in [9.17, 15) is 13.2 Å². The Morgan fingerprint density at radius 3 is 2.09 bits per heavy atom. The predicted octanol–water partition coefficient (Wildman–Crippen LogP) is 5.14. The Hall–Kier alpha value is -2.62. The summed E-state index contributed by atoms with van der Waals surface area (Å²) >= 11 is 0. The Balaban J connectivity index is 2.14. The highest BCUT2D eigenvalue weighted by molar-refractivity contribution is 5.68. The van der Waals surface area contributed by atoms with E-state index in [2.05, 4.69) is 4.98 Å². The lowest BCUT2D eigenvalue weighted by Crippen LogP contribution is -1.95. The topological polar surface area (TPSA) is 12.9 Å². The molecule has 110 valence electrons. The molecule has 1 aromatic heterocycles. The first kappa shape index (κ1) is 14.3. The van der Waals surface area contributed by atoms with Crippen molar-refractivity contribution in [1.82, 2.24) is 4.98 Å². The molecule has 0 spiro atoms. The van der Waals surface area contributed by atoms with Gasteiger partial charge in [0.1, 0.15) is 17.5 Å². The third-order valence-corrected chi connectivity index (χ3v) is 3.43. The van der Waals surface area contributed by atoms with Gasteiger partial charge in [-0.2, -0.15) is 0 Å². The molecule has 0 saturated carbocycles. The van der Waals surface area contributed by atoms with E-state index < -0.39 is 11.6 Å². The van der Waals surface area contributed by atoms with Gasteiger partial charge in [0.2, 0.25) is 0 Å². The van der Waals surface area contributed by atoms with Gasteiger partial charge in [0.15, 0.2) is 0 Å². The second kappa shape index (κ2) is 5.64. The zero-order valence-corrected chi connectivity index (χ0v) is 11.8. The molecule has 0 aliphatic carbocycles. The van der Waals surface area contributed by atoms with E-state index in [0.717, 1.165) is 5.56 Å². The first-order chi connectivity index (χ1) is 10.6. The van der Waals surface area contributed by atoms with E-state index in [1.165, 1.54) is 30.3 Å². The van der Waals surface area contributed by atoms with Crippen LogP contribution >= 0.6 is 0 Å².